The van der Waals surface area contributed by atoms with E-state index in [9.17, 15) is 0 Å². The van der Waals surface area contributed by atoms with Gasteiger partial charge in [-0.2, -0.15) is 4.98 Å². The van der Waals surface area contributed by atoms with E-state index in [2.05, 4.69) is 30.3 Å². The van der Waals surface area contributed by atoms with Gasteiger partial charge in [-0.25, -0.2) is 14.6 Å². The molecule has 0 spiro atoms. The van der Waals surface area contributed by atoms with Crippen LogP contribution in [-0.4, -0.2) is 51.0 Å². The van der Waals surface area contributed by atoms with Crippen molar-refractivity contribution in [3.05, 3.63) is 61.1 Å². The first-order valence-corrected chi connectivity index (χ1v) is 9.19. The second-order valence-electron chi connectivity index (χ2n) is 6.51. The number of rotatable bonds is 4. The van der Waals surface area contributed by atoms with Gasteiger partial charge < -0.3 is 15.0 Å². The molecule has 3 heterocycles. The molecule has 1 aliphatic heterocycles. The Hall–Kier alpha value is -3.52. The fraction of sp³-hybridized carbons (Fsp3) is 0.200. The van der Waals surface area contributed by atoms with Crippen molar-refractivity contribution in [2.75, 3.05) is 36.5 Å². The fourth-order valence-corrected chi connectivity index (χ4v) is 3.15. The summed E-state index contributed by atoms with van der Waals surface area (Å²) in [7, 11) is 0. The maximum absolute atomic E-state index is 5.38. The van der Waals surface area contributed by atoms with E-state index in [1.807, 2.05) is 54.7 Å². The summed E-state index contributed by atoms with van der Waals surface area (Å²) in [5.41, 5.74) is 2.76. The molecule has 140 valence electrons. The molecule has 1 saturated heterocycles. The van der Waals surface area contributed by atoms with Crippen molar-refractivity contribution in [3.8, 4) is 5.69 Å². The third-order valence-corrected chi connectivity index (χ3v) is 4.65. The minimum atomic E-state index is 0.571. The number of morpholine rings is 1. The Kier molecular flexibility index (Phi) is 4.30. The van der Waals surface area contributed by atoms with Crippen molar-refractivity contribution in [1.82, 2.24) is 24.7 Å². The van der Waals surface area contributed by atoms with Crippen molar-refractivity contribution >= 4 is 28.5 Å². The summed E-state index contributed by atoms with van der Waals surface area (Å²) in [5, 5.41) is 8.84. The first-order valence-electron chi connectivity index (χ1n) is 9.19. The van der Waals surface area contributed by atoms with Gasteiger partial charge in [0.05, 0.1) is 24.4 Å². The first kappa shape index (κ1) is 16.6. The molecule has 8 heteroatoms. The molecule has 2 aromatic carbocycles. The van der Waals surface area contributed by atoms with Crippen LogP contribution >= 0.6 is 0 Å². The number of nitrogens with one attached hydrogen (secondary N) is 1. The molecule has 0 atom stereocenters. The molecular weight excluding hydrogens is 354 g/mol. The van der Waals surface area contributed by atoms with Crippen molar-refractivity contribution in [2.45, 2.75) is 0 Å². The second-order valence-corrected chi connectivity index (χ2v) is 6.51. The van der Waals surface area contributed by atoms with E-state index in [1.165, 1.54) is 0 Å². The Bertz CT molecular complexity index is 1090. The van der Waals surface area contributed by atoms with E-state index < -0.39 is 0 Å². The molecule has 0 amide bonds. The molecule has 0 aliphatic carbocycles. The lowest BCUT2D eigenvalue weighted by atomic mass is 10.2. The summed E-state index contributed by atoms with van der Waals surface area (Å²) >= 11 is 0. The molecule has 1 aliphatic rings. The molecule has 8 nitrogen and oxygen atoms in total. The van der Waals surface area contributed by atoms with E-state index in [-0.39, 0.29) is 0 Å². The second kappa shape index (κ2) is 7.24. The maximum Gasteiger partial charge on any atom is 0.245 e. The number of nitrogens with zero attached hydrogens (tertiary/aromatic N) is 6. The van der Waals surface area contributed by atoms with Crippen LogP contribution in [0.4, 0.5) is 17.6 Å². The molecule has 5 rings (SSSR count). The number of anilines is 3. The summed E-state index contributed by atoms with van der Waals surface area (Å²) in [4.78, 5) is 15.5. The number of hydrogen-bond acceptors (Lipinski definition) is 7. The van der Waals surface area contributed by atoms with Gasteiger partial charge in [-0.15, -0.1) is 5.10 Å². The number of para-hydroxylation sites is 1. The van der Waals surface area contributed by atoms with E-state index in [4.69, 9.17) is 4.74 Å². The standard InChI is InChI=1S/C20H19N7O/c1-2-4-18-15(3-1)13-21-19(24-18)23-16-5-7-17(8-6-16)27-14-22-20(25-27)26-9-11-28-12-10-26/h1-8,13-14H,9-12H2,(H,21,23,24). The highest BCUT2D eigenvalue weighted by Gasteiger charge is 2.15. The Labute approximate surface area is 161 Å². The van der Waals surface area contributed by atoms with Crippen LogP contribution in [0.3, 0.4) is 0 Å². The van der Waals surface area contributed by atoms with Crippen LogP contribution in [-0.2, 0) is 4.74 Å². The van der Waals surface area contributed by atoms with Crippen LogP contribution in [0.15, 0.2) is 61.1 Å². The third kappa shape index (κ3) is 3.37. The molecule has 28 heavy (non-hydrogen) atoms. The average molecular weight is 373 g/mol. The summed E-state index contributed by atoms with van der Waals surface area (Å²) in [5.74, 6) is 1.30. The summed E-state index contributed by atoms with van der Waals surface area (Å²) < 4.78 is 7.16. The molecule has 0 radical (unpaired) electrons. The van der Waals surface area contributed by atoms with Gasteiger partial charge in [0.1, 0.15) is 6.33 Å². The number of fused-ring (bicyclic) bond motifs is 1. The van der Waals surface area contributed by atoms with E-state index in [0.717, 1.165) is 41.3 Å². The fourth-order valence-electron chi connectivity index (χ4n) is 3.15. The van der Waals surface area contributed by atoms with Gasteiger partial charge in [0.15, 0.2) is 0 Å². The molecular formula is C20H19N7O. The number of ether oxygens (including phenoxy) is 1. The number of aromatic nitrogens is 5. The summed E-state index contributed by atoms with van der Waals surface area (Å²) in [6.45, 7) is 3.06. The van der Waals surface area contributed by atoms with Crippen molar-refractivity contribution < 1.29 is 4.74 Å². The highest BCUT2D eigenvalue weighted by atomic mass is 16.5. The molecule has 1 fully saturated rings. The lowest BCUT2D eigenvalue weighted by molar-refractivity contribution is 0.122. The Morgan fingerprint density at radius 3 is 2.61 bits per heavy atom. The quantitative estimate of drug-likeness (QED) is 0.589. The Balaban J connectivity index is 1.32. The molecule has 4 aromatic rings. The summed E-state index contributed by atoms with van der Waals surface area (Å²) in [6, 6.07) is 15.8. The zero-order valence-electron chi connectivity index (χ0n) is 15.2. The van der Waals surface area contributed by atoms with E-state index in [1.54, 1.807) is 11.0 Å². The Morgan fingerprint density at radius 2 is 1.75 bits per heavy atom. The van der Waals surface area contributed by atoms with Crippen molar-refractivity contribution in [2.24, 2.45) is 0 Å². The molecule has 0 bridgehead atoms. The number of hydrogen-bond donors (Lipinski definition) is 1. The van der Waals surface area contributed by atoms with Crippen LogP contribution < -0.4 is 10.2 Å². The van der Waals surface area contributed by atoms with E-state index >= 15 is 0 Å². The minimum Gasteiger partial charge on any atom is -0.378 e. The van der Waals surface area contributed by atoms with Gasteiger partial charge in [-0.3, -0.25) is 0 Å². The zero-order valence-corrected chi connectivity index (χ0v) is 15.2. The van der Waals surface area contributed by atoms with Crippen molar-refractivity contribution in [3.63, 3.8) is 0 Å². The van der Waals surface area contributed by atoms with Gasteiger partial charge >= 0.3 is 0 Å². The number of benzene rings is 2. The SMILES string of the molecule is c1ccc2nc(Nc3ccc(-n4cnc(N5CCOCC5)n4)cc3)ncc2c1. The van der Waals surface area contributed by atoms with Gasteiger partial charge in [-0.1, -0.05) is 18.2 Å². The normalized spacial score (nSPS) is 14.4. The average Bonchev–Trinajstić information content (AvgIpc) is 3.25. The van der Waals surface area contributed by atoms with Crippen LogP contribution in [0.25, 0.3) is 16.6 Å². The highest BCUT2D eigenvalue weighted by Crippen LogP contribution is 2.19. The van der Waals surface area contributed by atoms with Crippen LogP contribution in [0.1, 0.15) is 0 Å². The lowest BCUT2D eigenvalue weighted by Gasteiger charge is -2.25. The van der Waals surface area contributed by atoms with Crippen LogP contribution in [0.5, 0.6) is 0 Å². The smallest absolute Gasteiger partial charge is 0.245 e. The predicted octanol–water partition coefficient (Wildman–Crippen LogP) is 2.79. The lowest BCUT2D eigenvalue weighted by Crippen LogP contribution is -2.37. The largest absolute Gasteiger partial charge is 0.378 e. The van der Waals surface area contributed by atoms with Gasteiger partial charge in [0.25, 0.3) is 0 Å². The zero-order chi connectivity index (χ0) is 18.8. The van der Waals surface area contributed by atoms with E-state index in [0.29, 0.717) is 19.2 Å². The van der Waals surface area contributed by atoms with Crippen molar-refractivity contribution in [1.29, 1.82) is 0 Å². The predicted molar refractivity (Wildman–Crippen MR) is 107 cm³/mol. The highest BCUT2D eigenvalue weighted by molar-refractivity contribution is 5.78. The van der Waals surface area contributed by atoms with Gasteiger partial charge in [0.2, 0.25) is 11.9 Å². The molecule has 0 unspecified atom stereocenters. The molecule has 0 saturated carbocycles. The maximum atomic E-state index is 5.38. The van der Waals surface area contributed by atoms with Crippen LogP contribution in [0.2, 0.25) is 0 Å². The topological polar surface area (TPSA) is 81.0 Å². The Morgan fingerprint density at radius 1 is 0.929 bits per heavy atom. The first-order chi connectivity index (χ1) is 13.8. The molecule has 2 aromatic heterocycles. The van der Waals surface area contributed by atoms with Gasteiger partial charge in [0, 0.05) is 30.4 Å². The van der Waals surface area contributed by atoms with Crippen LogP contribution in [0, 0.1) is 0 Å². The molecule has 1 N–H and O–H groups in total. The summed E-state index contributed by atoms with van der Waals surface area (Å²) in [6.07, 6.45) is 3.56. The monoisotopic (exact) mass is 373 g/mol. The third-order valence-electron chi connectivity index (χ3n) is 4.65. The minimum absolute atomic E-state index is 0.571. The van der Waals surface area contributed by atoms with Gasteiger partial charge in [-0.05, 0) is 30.3 Å².